The molecule has 0 radical (unpaired) electrons. The zero-order chi connectivity index (χ0) is 13.9. The fourth-order valence-electron chi connectivity index (χ4n) is 2.54. The predicted octanol–water partition coefficient (Wildman–Crippen LogP) is 2.21. The van der Waals surface area contributed by atoms with Gasteiger partial charge in [0, 0.05) is 31.2 Å². The first kappa shape index (κ1) is 12.8. The van der Waals surface area contributed by atoms with E-state index in [-0.39, 0.29) is 5.91 Å². The smallest absolute Gasteiger partial charge is 0.228 e. The van der Waals surface area contributed by atoms with Gasteiger partial charge in [0.15, 0.2) is 0 Å². The molecule has 0 atom stereocenters. The number of carbonyl (C=O) groups excluding carboxylic acids is 1. The summed E-state index contributed by atoms with van der Waals surface area (Å²) in [5.74, 6) is -0.00991. The van der Waals surface area contributed by atoms with Gasteiger partial charge in [-0.15, -0.1) is 0 Å². The Balaban J connectivity index is 1.66. The number of pyridine rings is 1. The van der Waals surface area contributed by atoms with Gasteiger partial charge in [0.1, 0.15) is 0 Å². The molecule has 0 unspecified atom stereocenters. The van der Waals surface area contributed by atoms with Gasteiger partial charge in [0.25, 0.3) is 0 Å². The lowest BCUT2D eigenvalue weighted by Crippen LogP contribution is -2.14. The number of nitrogens with zero attached hydrogens (tertiary/aromatic N) is 2. The van der Waals surface area contributed by atoms with Crippen molar-refractivity contribution in [3.63, 3.8) is 0 Å². The minimum Gasteiger partial charge on any atom is -0.326 e. The minimum atomic E-state index is -0.00991. The molecule has 1 N–H and O–H groups in total. The van der Waals surface area contributed by atoms with Crippen LogP contribution in [0.4, 0.5) is 5.69 Å². The van der Waals surface area contributed by atoms with E-state index < -0.39 is 0 Å². The van der Waals surface area contributed by atoms with Crippen LogP contribution in [-0.4, -0.2) is 22.8 Å². The number of amides is 1. The SMILES string of the molecule is CN1Cc2ccc(NC(=O)Cc3cccnc3)cc2C1. The van der Waals surface area contributed by atoms with E-state index in [0.717, 1.165) is 24.3 Å². The van der Waals surface area contributed by atoms with Crippen molar-refractivity contribution in [1.29, 1.82) is 0 Å². The Labute approximate surface area is 118 Å². The number of anilines is 1. The number of hydrogen-bond acceptors (Lipinski definition) is 3. The topological polar surface area (TPSA) is 45.2 Å². The van der Waals surface area contributed by atoms with Crippen molar-refractivity contribution in [2.24, 2.45) is 0 Å². The monoisotopic (exact) mass is 267 g/mol. The second-order valence-electron chi connectivity index (χ2n) is 5.24. The maximum atomic E-state index is 12.0. The summed E-state index contributed by atoms with van der Waals surface area (Å²) in [6, 6.07) is 9.88. The fourth-order valence-corrected chi connectivity index (χ4v) is 2.54. The Morgan fingerprint density at radius 3 is 2.95 bits per heavy atom. The van der Waals surface area contributed by atoms with Gasteiger partial charge in [-0.25, -0.2) is 0 Å². The van der Waals surface area contributed by atoms with Crippen LogP contribution in [0.15, 0.2) is 42.7 Å². The second kappa shape index (κ2) is 5.43. The van der Waals surface area contributed by atoms with Gasteiger partial charge in [0.05, 0.1) is 6.42 Å². The van der Waals surface area contributed by atoms with Gasteiger partial charge in [0.2, 0.25) is 5.91 Å². The third-order valence-electron chi connectivity index (χ3n) is 3.46. The van der Waals surface area contributed by atoms with Gasteiger partial charge >= 0.3 is 0 Å². The third-order valence-corrected chi connectivity index (χ3v) is 3.46. The lowest BCUT2D eigenvalue weighted by Gasteiger charge is -2.07. The van der Waals surface area contributed by atoms with Crippen LogP contribution >= 0.6 is 0 Å². The van der Waals surface area contributed by atoms with Crippen LogP contribution in [0.25, 0.3) is 0 Å². The molecule has 0 aliphatic carbocycles. The van der Waals surface area contributed by atoms with Crippen LogP contribution in [0.1, 0.15) is 16.7 Å². The molecule has 0 spiro atoms. The molecule has 1 aliphatic rings. The van der Waals surface area contributed by atoms with Gasteiger partial charge in [-0.3, -0.25) is 14.7 Å². The molecule has 1 aromatic heterocycles. The highest BCUT2D eigenvalue weighted by molar-refractivity contribution is 5.92. The molecule has 1 amide bonds. The van der Waals surface area contributed by atoms with E-state index in [9.17, 15) is 4.79 Å². The van der Waals surface area contributed by atoms with Crippen LogP contribution in [0.5, 0.6) is 0 Å². The number of carbonyl (C=O) groups is 1. The maximum absolute atomic E-state index is 12.0. The van der Waals surface area contributed by atoms with Crippen molar-refractivity contribution >= 4 is 11.6 Å². The Kier molecular flexibility index (Phi) is 3.48. The van der Waals surface area contributed by atoms with E-state index in [2.05, 4.69) is 34.4 Å². The molecule has 102 valence electrons. The minimum absolute atomic E-state index is 0.00991. The molecule has 0 fully saturated rings. The van der Waals surface area contributed by atoms with Crippen molar-refractivity contribution in [2.45, 2.75) is 19.5 Å². The quantitative estimate of drug-likeness (QED) is 0.927. The molecule has 1 aliphatic heterocycles. The van der Waals surface area contributed by atoms with Crippen LogP contribution in [0, 0.1) is 0 Å². The molecule has 2 aromatic rings. The number of aromatic nitrogens is 1. The van der Waals surface area contributed by atoms with Gasteiger partial charge in [-0.05, 0) is 41.9 Å². The van der Waals surface area contributed by atoms with E-state index in [4.69, 9.17) is 0 Å². The molecule has 0 saturated carbocycles. The molecular formula is C16H17N3O. The first-order valence-electron chi connectivity index (χ1n) is 6.70. The van der Waals surface area contributed by atoms with E-state index in [1.165, 1.54) is 11.1 Å². The summed E-state index contributed by atoms with van der Waals surface area (Å²) < 4.78 is 0. The van der Waals surface area contributed by atoms with Crippen molar-refractivity contribution in [2.75, 3.05) is 12.4 Å². The number of nitrogens with one attached hydrogen (secondary N) is 1. The lowest BCUT2D eigenvalue weighted by atomic mass is 10.1. The first-order chi connectivity index (χ1) is 9.70. The number of rotatable bonds is 3. The summed E-state index contributed by atoms with van der Waals surface area (Å²) in [6.07, 6.45) is 3.78. The average Bonchev–Trinajstić information content (AvgIpc) is 2.79. The Morgan fingerprint density at radius 2 is 2.15 bits per heavy atom. The zero-order valence-corrected chi connectivity index (χ0v) is 11.5. The first-order valence-corrected chi connectivity index (χ1v) is 6.70. The van der Waals surface area contributed by atoms with E-state index in [1.807, 2.05) is 18.2 Å². The van der Waals surface area contributed by atoms with Crippen molar-refractivity contribution in [1.82, 2.24) is 9.88 Å². The highest BCUT2D eigenvalue weighted by Crippen LogP contribution is 2.24. The molecule has 4 nitrogen and oxygen atoms in total. The molecule has 0 bridgehead atoms. The normalized spacial score (nSPS) is 14.1. The Morgan fingerprint density at radius 1 is 1.30 bits per heavy atom. The third kappa shape index (κ3) is 2.86. The van der Waals surface area contributed by atoms with Crippen LogP contribution < -0.4 is 5.32 Å². The van der Waals surface area contributed by atoms with Crippen LogP contribution in [0.3, 0.4) is 0 Å². The Hall–Kier alpha value is -2.20. The molecule has 2 heterocycles. The summed E-state index contributed by atoms with van der Waals surface area (Å²) in [5.41, 5.74) is 4.43. The lowest BCUT2D eigenvalue weighted by molar-refractivity contribution is -0.115. The number of benzene rings is 1. The van der Waals surface area contributed by atoms with E-state index in [0.29, 0.717) is 6.42 Å². The standard InChI is InChI=1S/C16H17N3O/c1-19-10-13-4-5-15(8-14(13)11-19)18-16(20)7-12-3-2-6-17-9-12/h2-6,8-9H,7,10-11H2,1H3,(H,18,20). The largest absolute Gasteiger partial charge is 0.326 e. The van der Waals surface area contributed by atoms with Crippen molar-refractivity contribution in [3.8, 4) is 0 Å². The highest BCUT2D eigenvalue weighted by atomic mass is 16.1. The van der Waals surface area contributed by atoms with Gasteiger partial charge in [-0.2, -0.15) is 0 Å². The summed E-state index contributed by atoms with van der Waals surface area (Å²) >= 11 is 0. The van der Waals surface area contributed by atoms with Crippen LogP contribution in [0.2, 0.25) is 0 Å². The average molecular weight is 267 g/mol. The van der Waals surface area contributed by atoms with Gasteiger partial charge in [-0.1, -0.05) is 12.1 Å². The molecule has 1 aromatic carbocycles. The summed E-state index contributed by atoms with van der Waals surface area (Å²) in [4.78, 5) is 18.3. The van der Waals surface area contributed by atoms with Crippen molar-refractivity contribution in [3.05, 3.63) is 59.4 Å². The molecule has 0 saturated heterocycles. The van der Waals surface area contributed by atoms with Crippen LogP contribution in [-0.2, 0) is 24.3 Å². The van der Waals surface area contributed by atoms with E-state index >= 15 is 0 Å². The van der Waals surface area contributed by atoms with Crippen molar-refractivity contribution < 1.29 is 4.79 Å². The number of hydrogen-bond donors (Lipinski definition) is 1. The molecule has 20 heavy (non-hydrogen) atoms. The van der Waals surface area contributed by atoms with Gasteiger partial charge < -0.3 is 5.32 Å². The zero-order valence-electron chi connectivity index (χ0n) is 11.5. The highest BCUT2D eigenvalue weighted by Gasteiger charge is 2.15. The van der Waals surface area contributed by atoms with E-state index in [1.54, 1.807) is 12.4 Å². The summed E-state index contributed by atoms with van der Waals surface area (Å²) in [6.45, 7) is 1.93. The summed E-state index contributed by atoms with van der Waals surface area (Å²) in [7, 11) is 2.10. The predicted molar refractivity (Wildman–Crippen MR) is 78.2 cm³/mol. The molecular weight excluding hydrogens is 250 g/mol. The second-order valence-corrected chi connectivity index (χ2v) is 5.24. The molecule has 4 heteroatoms. The molecule has 3 rings (SSSR count). The summed E-state index contributed by atoms with van der Waals surface area (Å²) in [5, 5.41) is 2.95. The fraction of sp³-hybridized carbons (Fsp3) is 0.250. The Bertz CT molecular complexity index is 625. The number of fused-ring (bicyclic) bond motifs is 1. The maximum Gasteiger partial charge on any atom is 0.228 e.